The van der Waals surface area contributed by atoms with Gasteiger partial charge in [0.1, 0.15) is 11.5 Å². The molecule has 128 valence electrons. The molecule has 2 heterocycles. The second-order valence-corrected chi connectivity index (χ2v) is 6.22. The van der Waals surface area contributed by atoms with Crippen LogP contribution in [0.3, 0.4) is 0 Å². The molecule has 3 N–H and O–H groups in total. The quantitative estimate of drug-likeness (QED) is 0.571. The van der Waals surface area contributed by atoms with Crippen molar-refractivity contribution in [2.24, 2.45) is 4.99 Å². The predicted molar refractivity (Wildman–Crippen MR) is 96.9 cm³/mol. The number of para-hydroxylation sites is 1. The van der Waals surface area contributed by atoms with E-state index in [4.69, 9.17) is 9.15 Å². The van der Waals surface area contributed by atoms with E-state index in [0.29, 0.717) is 6.54 Å². The molecule has 2 aromatic rings. The molecule has 0 spiro atoms. The zero-order valence-corrected chi connectivity index (χ0v) is 14.6. The van der Waals surface area contributed by atoms with Crippen molar-refractivity contribution in [1.29, 1.82) is 0 Å². The minimum absolute atomic E-state index is 0.0997. The maximum Gasteiger partial charge on any atom is 0.157 e. The summed E-state index contributed by atoms with van der Waals surface area (Å²) in [7, 11) is 1.70. The minimum atomic E-state index is 0.0997. The zero-order chi connectivity index (χ0) is 16.8. The van der Waals surface area contributed by atoms with E-state index in [1.807, 2.05) is 36.6 Å². The lowest BCUT2D eigenvalue weighted by molar-refractivity contribution is 0.402. The zero-order valence-electron chi connectivity index (χ0n) is 13.8. The molecule has 2 unspecified atom stereocenters. The molecule has 24 heavy (non-hydrogen) atoms. The summed E-state index contributed by atoms with van der Waals surface area (Å²) >= 11 is 1.59. The molecule has 1 aliphatic heterocycles. The van der Waals surface area contributed by atoms with E-state index in [-0.39, 0.29) is 12.2 Å². The predicted octanol–water partition coefficient (Wildman–Crippen LogP) is 2.66. The normalized spacial score (nSPS) is 21.0. The average molecular weight is 346 g/mol. The lowest BCUT2D eigenvalue weighted by Gasteiger charge is -2.15. The van der Waals surface area contributed by atoms with E-state index in [2.05, 4.69) is 27.2 Å². The fraction of sp³-hybridized carbons (Fsp3) is 0.353. The number of amidine groups is 1. The third-order valence-corrected chi connectivity index (χ3v) is 4.50. The molecule has 6 nitrogen and oxygen atoms in total. The van der Waals surface area contributed by atoms with Gasteiger partial charge in [-0.05, 0) is 24.5 Å². The second-order valence-electron chi connectivity index (χ2n) is 5.42. The van der Waals surface area contributed by atoms with Gasteiger partial charge in [-0.3, -0.25) is 4.99 Å². The van der Waals surface area contributed by atoms with Crippen molar-refractivity contribution >= 4 is 16.9 Å². The van der Waals surface area contributed by atoms with Crippen molar-refractivity contribution < 1.29 is 9.15 Å². The van der Waals surface area contributed by atoms with Crippen LogP contribution in [0.2, 0.25) is 0 Å². The maximum atomic E-state index is 5.45. The number of ether oxygens (including phenoxy) is 1. The Morgan fingerprint density at radius 3 is 2.96 bits per heavy atom. The van der Waals surface area contributed by atoms with Gasteiger partial charge in [-0.25, -0.2) is 10.9 Å². The highest BCUT2D eigenvalue weighted by atomic mass is 32.2. The molecule has 1 aromatic carbocycles. The van der Waals surface area contributed by atoms with Crippen LogP contribution in [0.4, 0.5) is 0 Å². The number of aliphatic imine (C=N–C) groups is 1. The van der Waals surface area contributed by atoms with E-state index < -0.39 is 0 Å². The summed E-state index contributed by atoms with van der Waals surface area (Å²) in [5.41, 5.74) is 7.75. The number of benzene rings is 1. The molecule has 3 rings (SSSR count). The van der Waals surface area contributed by atoms with E-state index >= 15 is 0 Å². The Kier molecular flexibility index (Phi) is 5.79. The molecule has 2 atom stereocenters. The Balaban J connectivity index is 1.59. The highest BCUT2D eigenvalue weighted by Crippen LogP contribution is 2.29. The first kappa shape index (κ1) is 16.9. The maximum absolute atomic E-state index is 5.45. The van der Waals surface area contributed by atoms with Gasteiger partial charge in [-0.1, -0.05) is 30.0 Å². The van der Waals surface area contributed by atoms with Crippen LogP contribution in [0, 0.1) is 0 Å². The topological polar surface area (TPSA) is 70.8 Å². The molecule has 0 saturated carbocycles. The standard InChI is InChI=1S/C17H22N4O2S/c1-22-15-8-4-3-7-13(15)14-10-16(21-20-14)19-17(24-2)18-11-12-6-5-9-23-12/h3-9,14,16,20-21H,10-11H2,1-2H3,(H,18,19). The first-order valence-corrected chi connectivity index (χ1v) is 9.04. The molecule has 1 aliphatic rings. The fourth-order valence-corrected chi connectivity index (χ4v) is 3.13. The van der Waals surface area contributed by atoms with Gasteiger partial charge in [0.15, 0.2) is 5.17 Å². The van der Waals surface area contributed by atoms with Gasteiger partial charge in [0.05, 0.1) is 32.1 Å². The number of hydrazine groups is 1. The van der Waals surface area contributed by atoms with Gasteiger partial charge < -0.3 is 14.5 Å². The van der Waals surface area contributed by atoms with E-state index in [1.165, 1.54) is 0 Å². The SMILES string of the molecule is COc1ccccc1C1CC(NC(=NCc2ccco2)SC)NN1. The number of furan rings is 1. The molecule has 7 heteroatoms. The van der Waals surface area contributed by atoms with Gasteiger partial charge in [-0.15, -0.1) is 0 Å². The summed E-state index contributed by atoms with van der Waals surface area (Å²) < 4.78 is 10.8. The van der Waals surface area contributed by atoms with Crippen LogP contribution < -0.4 is 20.9 Å². The molecule has 0 aliphatic carbocycles. The Labute approximate surface area is 146 Å². The average Bonchev–Trinajstić information content (AvgIpc) is 3.30. The van der Waals surface area contributed by atoms with Crippen molar-refractivity contribution in [1.82, 2.24) is 16.2 Å². The Morgan fingerprint density at radius 1 is 1.33 bits per heavy atom. The van der Waals surface area contributed by atoms with E-state index in [1.54, 1.807) is 25.1 Å². The molecule has 0 radical (unpaired) electrons. The van der Waals surface area contributed by atoms with Crippen molar-refractivity contribution in [2.45, 2.75) is 25.2 Å². The first-order valence-electron chi connectivity index (χ1n) is 7.81. The van der Waals surface area contributed by atoms with Gasteiger partial charge >= 0.3 is 0 Å². The van der Waals surface area contributed by atoms with Crippen LogP contribution in [0.5, 0.6) is 5.75 Å². The molecule has 0 bridgehead atoms. The smallest absolute Gasteiger partial charge is 0.157 e. The number of thioether (sulfide) groups is 1. The number of methoxy groups -OCH3 is 1. The van der Waals surface area contributed by atoms with Crippen molar-refractivity contribution in [2.75, 3.05) is 13.4 Å². The van der Waals surface area contributed by atoms with Crippen molar-refractivity contribution in [3.63, 3.8) is 0 Å². The lowest BCUT2D eigenvalue weighted by Crippen LogP contribution is -2.43. The summed E-state index contributed by atoms with van der Waals surface area (Å²) in [5.74, 6) is 1.75. The van der Waals surface area contributed by atoms with Gasteiger partial charge in [-0.2, -0.15) is 0 Å². The fourth-order valence-electron chi connectivity index (χ4n) is 2.68. The molecule has 1 saturated heterocycles. The van der Waals surface area contributed by atoms with Crippen molar-refractivity contribution in [3.05, 3.63) is 54.0 Å². The lowest BCUT2D eigenvalue weighted by atomic mass is 10.0. The molecular weight excluding hydrogens is 324 g/mol. The number of rotatable bonds is 5. The second kappa shape index (κ2) is 8.23. The van der Waals surface area contributed by atoms with Crippen LogP contribution in [-0.2, 0) is 6.54 Å². The highest BCUT2D eigenvalue weighted by molar-refractivity contribution is 8.13. The Bertz CT molecular complexity index is 675. The number of hydrogen-bond acceptors (Lipinski definition) is 6. The number of nitrogens with one attached hydrogen (secondary N) is 3. The van der Waals surface area contributed by atoms with Gasteiger partial charge in [0.2, 0.25) is 0 Å². The monoisotopic (exact) mass is 346 g/mol. The van der Waals surface area contributed by atoms with Gasteiger partial charge in [0, 0.05) is 12.0 Å². The third-order valence-electron chi connectivity index (χ3n) is 3.87. The number of nitrogens with zero attached hydrogens (tertiary/aromatic N) is 1. The summed E-state index contributed by atoms with van der Waals surface area (Å²) in [4.78, 5) is 4.56. The molecule has 0 amide bonds. The molecular formula is C17H22N4O2S. The largest absolute Gasteiger partial charge is 0.496 e. The van der Waals surface area contributed by atoms with Crippen LogP contribution in [0.15, 0.2) is 52.1 Å². The van der Waals surface area contributed by atoms with Crippen LogP contribution >= 0.6 is 11.8 Å². The summed E-state index contributed by atoms with van der Waals surface area (Å²) in [5, 5.41) is 4.30. The van der Waals surface area contributed by atoms with E-state index in [9.17, 15) is 0 Å². The summed E-state index contributed by atoms with van der Waals surface area (Å²) in [6.45, 7) is 0.534. The Morgan fingerprint density at radius 2 is 2.21 bits per heavy atom. The first-order chi connectivity index (χ1) is 11.8. The number of hydrogen-bond donors (Lipinski definition) is 3. The van der Waals surface area contributed by atoms with Crippen LogP contribution in [0.1, 0.15) is 23.8 Å². The molecule has 1 fully saturated rings. The summed E-state index contributed by atoms with van der Waals surface area (Å²) in [6.07, 6.45) is 4.66. The highest BCUT2D eigenvalue weighted by Gasteiger charge is 2.27. The molecule has 1 aromatic heterocycles. The Hall–Kier alpha value is -1.96. The van der Waals surface area contributed by atoms with Crippen molar-refractivity contribution in [3.8, 4) is 5.75 Å². The van der Waals surface area contributed by atoms with E-state index in [0.717, 1.165) is 28.7 Å². The van der Waals surface area contributed by atoms with Crippen LogP contribution in [-0.4, -0.2) is 24.7 Å². The van der Waals surface area contributed by atoms with Crippen LogP contribution in [0.25, 0.3) is 0 Å². The summed E-state index contributed by atoms with van der Waals surface area (Å²) in [6, 6.07) is 12.1. The van der Waals surface area contributed by atoms with Gasteiger partial charge in [0.25, 0.3) is 0 Å². The minimum Gasteiger partial charge on any atom is -0.496 e. The third kappa shape index (κ3) is 4.11.